The van der Waals surface area contributed by atoms with Crippen LogP contribution in [0.3, 0.4) is 0 Å². The molecule has 1 N–H and O–H groups in total. The summed E-state index contributed by atoms with van der Waals surface area (Å²) in [7, 11) is 2.04. The molecule has 1 aliphatic rings. The Hall–Kier alpha value is -0.770. The molecule has 0 amide bonds. The van der Waals surface area contributed by atoms with Gasteiger partial charge < -0.3 is 10.1 Å². The fourth-order valence-corrected chi connectivity index (χ4v) is 2.91. The number of rotatable bonds is 5. The summed E-state index contributed by atoms with van der Waals surface area (Å²) < 4.78 is 5.69. The molecule has 1 aliphatic heterocycles. The van der Waals surface area contributed by atoms with E-state index in [0.29, 0.717) is 17.7 Å². The molecule has 0 saturated carbocycles. The third-order valence-electron chi connectivity index (χ3n) is 3.64. The van der Waals surface area contributed by atoms with Gasteiger partial charge in [0.1, 0.15) is 5.75 Å². The van der Waals surface area contributed by atoms with E-state index in [-0.39, 0.29) is 0 Å². The molecule has 1 unspecified atom stereocenters. The lowest BCUT2D eigenvalue weighted by molar-refractivity contribution is 0.185. The number of para-hydroxylation sites is 1. The van der Waals surface area contributed by atoms with Crippen molar-refractivity contribution in [3.63, 3.8) is 0 Å². The molecule has 4 heteroatoms. The van der Waals surface area contributed by atoms with Crippen LogP contribution in [0.2, 0.25) is 5.02 Å². The van der Waals surface area contributed by atoms with Gasteiger partial charge in [0.25, 0.3) is 0 Å². The van der Waals surface area contributed by atoms with Crippen molar-refractivity contribution in [3.05, 3.63) is 28.8 Å². The minimum absolute atomic E-state index is 0.600. The van der Waals surface area contributed by atoms with Crippen LogP contribution in [0, 0.1) is 0 Å². The average Bonchev–Trinajstić information content (AvgIpc) is 2.43. The van der Waals surface area contributed by atoms with E-state index < -0.39 is 0 Å². The number of hydrogen-bond acceptors (Lipinski definition) is 3. The normalized spacial score (nSPS) is 20.5. The zero-order valence-corrected chi connectivity index (χ0v) is 12.5. The van der Waals surface area contributed by atoms with Crippen LogP contribution in [0.4, 0.5) is 0 Å². The number of likely N-dealkylation sites (N-methyl/N-ethyl adjacent to an activating group) is 1. The van der Waals surface area contributed by atoms with Crippen LogP contribution in [0.5, 0.6) is 5.75 Å². The van der Waals surface area contributed by atoms with Crippen LogP contribution in [0.25, 0.3) is 0 Å². The van der Waals surface area contributed by atoms with Gasteiger partial charge in [0.05, 0.1) is 11.6 Å². The van der Waals surface area contributed by atoms with Crippen molar-refractivity contribution in [1.29, 1.82) is 0 Å². The Bertz CT molecular complexity index is 411. The second-order valence-corrected chi connectivity index (χ2v) is 5.43. The molecule has 0 aromatic heterocycles. The monoisotopic (exact) mass is 282 g/mol. The molecule has 3 nitrogen and oxygen atoms in total. The summed E-state index contributed by atoms with van der Waals surface area (Å²) in [4.78, 5) is 2.47. The van der Waals surface area contributed by atoms with Crippen molar-refractivity contribution in [2.75, 3.05) is 26.7 Å². The van der Waals surface area contributed by atoms with E-state index in [1.165, 1.54) is 18.4 Å². The van der Waals surface area contributed by atoms with Crippen LogP contribution in [0.1, 0.15) is 25.3 Å². The average molecular weight is 283 g/mol. The summed E-state index contributed by atoms with van der Waals surface area (Å²) >= 11 is 6.23. The fourth-order valence-electron chi connectivity index (χ4n) is 2.66. The number of nitrogens with one attached hydrogen (secondary N) is 1. The highest BCUT2D eigenvalue weighted by Crippen LogP contribution is 2.30. The molecular formula is C15H23ClN2O. The highest BCUT2D eigenvalue weighted by Gasteiger charge is 2.20. The molecule has 1 atom stereocenters. The molecule has 0 aliphatic carbocycles. The molecule has 19 heavy (non-hydrogen) atoms. The Morgan fingerprint density at radius 3 is 3.05 bits per heavy atom. The van der Waals surface area contributed by atoms with Gasteiger partial charge in [0.15, 0.2) is 0 Å². The van der Waals surface area contributed by atoms with Gasteiger partial charge >= 0.3 is 0 Å². The number of benzene rings is 1. The van der Waals surface area contributed by atoms with Crippen LogP contribution in [-0.2, 0) is 6.54 Å². The Morgan fingerprint density at radius 1 is 1.47 bits per heavy atom. The third-order valence-corrected chi connectivity index (χ3v) is 3.94. The van der Waals surface area contributed by atoms with Crippen molar-refractivity contribution in [2.24, 2.45) is 0 Å². The lowest BCUT2D eigenvalue weighted by Crippen LogP contribution is -2.43. The summed E-state index contributed by atoms with van der Waals surface area (Å²) in [5, 5.41) is 4.08. The first-order chi connectivity index (χ1) is 9.24. The van der Waals surface area contributed by atoms with Gasteiger partial charge in [-0.2, -0.15) is 0 Å². The van der Waals surface area contributed by atoms with Crippen molar-refractivity contribution in [3.8, 4) is 5.75 Å². The second kappa shape index (κ2) is 7.13. The van der Waals surface area contributed by atoms with Gasteiger partial charge in [-0.3, -0.25) is 4.90 Å². The SMILES string of the molecule is CCOc1c(Cl)cccc1CN1CCCC(NC)C1. The fraction of sp³-hybridized carbons (Fsp3) is 0.600. The van der Waals surface area contributed by atoms with Crippen LogP contribution < -0.4 is 10.1 Å². The first-order valence-corrected chi connectivity index (χ1v) is 7.42. The minimum Gasteiger partial charge on any atom is -0.492 e. The number of likely N-dealkylation sites (tertiary alicyclic amines) is 1. The van der Waals surface area contributed by atoms with Crippen LogP contribution in [0.15, 0.2) is 18.2 Å². The topological polar surface area (TPSA) is 24.5 Å². The van der Waals surface area contributed by atoms with E-state index in [1.54, 1.807) is 0 Å². The van der Waals surface area contributed by atoms with E-state index in [2.05, 4.69) is 16.3 Å². The number of piperidine rings is 1. The molecule has 106 valence electrons. The highest BCUT2D eigenvalue weighted by molar-refractivity contribution is 6.32. The maximum absolute atomic E-state index is 6.23. The first-order valence-electron chi connectivity index (χ1n) is 7.04. The highest BCUT2D eigenvalue weighted by atomic mass is 35.5. The van der Waals surface area contributed by atoms with Gasteiger partial charge in [0, 0.05) is 24.7 Å². The Labute approximate surface area is 120 Å². The zero-order valence-electron chi connectivity index (χ0n) is 11.8. The maximum Gasteiger partial charge on any atom is 0.142 e. The summed E-state index contributed by atoms with van der Waals surface area (Å²) in [6, 6.07) is 6.60. The Kier molecular flexibility index (Phi) is 5.49. The molecule has 1 aromatic carbocycles. The summed E-state index contributed by atoms with van der Waals surface area (Å²) in [6.45, 7) is 5.79. The van der Waals surface area contributed by atoms with Crippen molar-refractivity contribution >= 4 is 11.6 Å². The van der Waals surface area contributed by atoms with E-state index >= 15 is 0 Å². The van der Waals surface area contributed by atoms with Crippen LogP contribution in [-0.4, -0.2) is 37.7 Å². The number of halogens is 1. The Balaban J connectivity index is 2.07. The van der Waals surface area contributed by atoms with Crippen molar-refractivity contribution < 1.29 is 4.74 Å². The zero-order chi connectivity index (χ0) is 13.7. The number of nitrogens with zero attached hydrogens (tertiary/aromatic N) is 1. The van der Waals surface area contributed by atoms with E-state index in [9.17, 15) is 0 Å². The van der Waals surface area contributed by atoms with E-state index in [4.69, 9.17) is 16.3 Å². The number of ether oxygens (including phenoxy) is 1. The molecule has 1 fully saturated rings. The van der Waals surface area contributed by atoms with Gasteiger partial charge in [-0.15, -0.1) is 0 Å². The molecule has 0 spiro atoms. The Morgan fingerprint density at radius 2 is 2.32 bits per heavy atom. The smallest absolute Gasteiger partial charge is 0.142 e. The molecule has 1 heterocycles. The predicted octanol–water partition coefficient (Wildman–Crippen LogP) is 2.92. The summed E-state index contributed by atoms with van der Waals surface area (Å²) in [5.41, 5.74) is 1.19. The molecule has 0 bridgehead atoms. The lowest BCUT2D eigenvalue weighted by atomic mass is 10.0. The molecule has 0 radical (unpaired) electrons. The molecular weight excluding hydrogens is 260 g/mol. The van der Waals surface area contributed by atoms with Gasteiger partial charge in [-0.05, 0) is 39.4 Å². The minimum atomic E-state index is 0.600. The lowest BCUT2D eigenvalue weighted by Gasteiger charge is -2.32. The number of hydrogen-bond donors (Lipinski definition) is 1. The van der Waals surface area contributed by atoms with Crippen LogP contribution >= 0.6 is 11.6 Å². The summed E-state index contributed by atoms with van der Waals surface area (Å²) in [6.07, 6.45) is 2.51. The first kappa shape index (κ1) is 14.6. The van der Waals surface area contributed by atoms with Crippen molar-refractivity contribution in [2.45, 2.75) is 32.4 Å². The molecule has 1 aromatic rings. The summed E-state index contributed by atoms with van der Waals surface area (Å²) in [5.74, 6) is 0.846. The second-order valence-electron chi connectivity index (χ2n) is 5.02. The van der Waals surface area contributed by atoms with Gasteiger partial charge in [-0.25, -0.2) is 0 Å². The maximum atomic E-state index is 6.23. The van der Waals surface area contributed by atoms with E-state index in [1.807, 2.05) is 26.1 Å². The van der Waals surface area contributed by atoms with Gasteiger partial charge in [-0.1, -0.05) is 23.7 Å². The molecule has 1 saturated heterocycles. The van der Waals surface area contributed by atoms with Gasteiger partial charge in [0.2, 0.25) is 0 Å². The molecule has 2 rings (SSSR count). The predicted molar refractivity (Wildman–Crippen MR) is 80.0 cm³/mol. The third kappa shape index (κ3) is 3.85. The quantitative estimate of drug-likeness (QED) is 0.899. The van der Waals surface area contributed by atoms with E-state index in [0.717, 1.165) is 25.4 Å². The standard InChI is InChI=1S/C15H23ClN2O/c1-3-19-15-12(6-4-8-14(15)16)10-18-9-5-7-13(11-18)17-2/h4,6,8,13,17H,3,5,7,9-11H2,1-2H3. The largest absolute Gasteiger partial charge is 0.492 e. The van der Waals surface area contributed by atoms with Crippen molar-refractivity contribution in [1.82, 2.24) is 10.2 Å².